The number of nitrogens with zero attached hydrogens (tertiary/aromatic N) is 1. The largest absolute Gasteiger partial charge is 0.379 e. The van der Waals surface area contributed by atoms with Gasteiger partial charge in [-0.3, -0.25) is 10.2 Å². The van der Waals surface area contributed by atoms with E-state index in [2.05, 4.69) is 44.8 Å². The summed E-state index contributed by atoms with van der Waals surface area (Å²) in [5.74, 6) is 0. The van der Waals surface area contributed by atoms with E-state index in [0.717, 1.165) is 26.3 Å². The molecule has 84 valence electrons. The van der Waals surface area contributed by atoms with Gasteiger partial charge in [-0.15, -0.1) is 0 Å². The van der Waals surface area contributed by atoms with Gasteiger partial charge in [0.2, 0.25) is 0 Å². The van der Waals surface area contributed by atoms with E-state index in [1.54, 1.807) is 0 Å². The van der Waals surface area contributed by atoms with Gasteiger partial charge < -0.3 is 4.74 Å². The van der Waals surface area contributed by atoms with Crippen LogP contribution in [-0.4, -0.2) is 42.4 Å². The summed E-state index contributed by atoms with van der Waals surface area (Å²) in [6, 6.07) is 0. The zero-order chi connectivity index (χ0) is 10.8. The van der Waals surface area contributed by atoms with E-state index < -0.39 is 0 Å². The average Bonchev–Trinajstić information content (AvgIpc) is 2.01. The monoisotopic (exact) mass is 200 g/mol. The molecule has 14 heavy (non-hydrogen) atoms. The summed E-state index contributed by atoms with van der Waals surface area (Å²) in [5, 5.41) is 3.64. The number of hydrogen-bond acceptors (Lipinski definition) is 3. The van der Waals surface area contributed by atoms with Crippen LogP contribution in [0.1, 0.15) is 34.6 Å². The van der Waals surface area contributed by atoms with E-state index in [0.29, 0.717) is 0 Å². The first kappa shape index (κ1) is 12.0. The second-order valence-electron chi connectivity index (χ2n) is 5.53. The van der Waals surface area contributed by atoms with Crippen LogP contribution in [0.25, 0.3) is 0 Å². The van der Waals surface area contributed by atoms with Gasteiger partial charge in [0, 0.05) is 18.6 Å². The van der Waals surface area contributed by atoms with Crippen molar-refractivity contribution in [2.24, 2.45) is 0 Å². The van der Waals surface area contributed by atoms with Crippen LogP contribution in [0.4, 0.5) is 0 Å². The second-order valence-corrected chi connectivity index (χ2v) is 5.53. The highest BCUT2D eigenvalue weighted by Gasteiger charge is 2.31. The zero-order valence-electron chi connectivity index (χ0n) is 10.2. The van der Waals surface area contributed by atoms with Crippen molar-refractivity contribution in [1.82, 2.24) is 10.2 Å². The van der Waals surface area contributed by atoms with Crippen molar-refractivity contribution in [1.29, 1.82) is 0 Å². The Balaban J connectivity index is 2.54. The third-order valence-electron chi connectivity index (χ3n) is 2.48. The van der Waals surface area contributed by atoms with Gasteiger partial charge in [-0.05, 0) is 34.6 Å². The zero-order valence-corrected chi connectivity index (χ0v) is 10.2. The lowest BCUT2D eigenvalue weighted by molar-refractivity contribution is -0.0309. The molecule has 1 rings (SSSR count). The van der Waals surface area contributed by atoms with Crippen molar-refractivity contribution in [3.63, 3.8) is 0 Å². The lowest BCUT2D eigenvalue weighted by Gasteiger charge is -2.45. The van der Waals surface area contributed by atoms with Gasteiger partial charge in [0.05, 0.1) is 18.9 Å². The Morgan fingerprint density at radius 1 is 1.00 bits per heavy atom. The Hall–Kier alpha value is -0.120. The van der Waals surface area contributed by atoms with E-state index in [1.807, 2.05) is 0 Å². The molecule has 0 amide bonds. The molecular formula is C11H24N2O. The van der Waals surface area contributed by atoms with Crippen LogP contribution >= 0.6 is 0 Å². The number of rotatable bonds is 2. The van der Waals surface area contributed by atoms with Crippen molar-refractivity contribution in [3.05, 3.63) is 0 Å². The van der Waals surface area contributed by atoms with Crippen LogP contribution in [0, 0.1) is 0 Å². The highest BCUT2D eigenvalue weighted by atomic mass is 16.5. The number of morpholine rings is 1. The first-order chi connectivity index (χ1) is 6.31. The molecule has 3 heteroatoms. The Morgan fingerprint density at radius 3 is 1.93 bits per heavy atom. The lowest BCUT2D eigenvalue weighted by Crippen LogP contribution is -2.62. The highest BCUT2D eigenvalue weighted by Crippen LogP contribution is 2.16. The molecule has 1 heterocycles. The summed E-state index contributed by atoms with van der Waals surface area (Å²) < 4.78 is 5.36. The molecule has 0 aliphatic carbocycles. The van der Waals surface area contributed by atoms with Gasteiger partial charge in [0.1, 0.15) is 0 Å². The Kier molecular flexibility index (Phi) is 3.56. The van der Waals surface area contributed by atoms with E-state index >= 15 is 0 Å². The molecule has 1 aliphatic rings. The second kappa shape index (κ2) is 4.17. The molecule has 0 spiro atoms. The average molecular weight is 200 g/mol. The quantitative estimate of drug-likeness (QED) is 0.730. The summed E-state index contributed by atoms with van der Waals surface area (Å²) >= 11 is 0. The van der Waals surface area contributed by atoms with Crippen molar-refractivity contribution in [2.75, 3.05) is 26.3 Å². The SMILES string of the molecule is CC(C)(C)NC(C)(C)N1CCOCC1. The molecule has 1 saturated heterocycles. The van der Waals surface area contributed by atoms with Gasteiger partial charge in [-0.2, -0.15) is 0 Å². The third kappa shape index (κ3) is 3.56. The first-order valence-corrected chi connectivity index (χ1v) is 5.43. The van der Waals surface area contributed by atoms with Crippen LogP contribution in [0.15, 0.2) is 0 Å². The van der Waals surface area contributed by atoms with Crippen molar-refractivity contribution >= 4 is 0 Å². The standard InChI is InChI=1S/C11H24N2O/c1-10(2,3)12-11(4,5)13-6-8-14-9-7-13/h12H,6-9H2,1-5H3. The molecular weight excluding hydrogens is 176 g/mol. The van der Waals surface area contributed by atoms with Crippen molar-refractivity contribution in [3.8, 4) is 0 Å². The van der Waals surface area contributed by atoms with Crippen LogP contribution < -0.4 is 5.32 Å². The predicted molar refractivity (Wildman–Crippen MR) is 59.4 cm³/mol. The fraction of sp³-hybridized carbons (Fsp3) is 1.00. The molecule has 0 bridgehead atoms. The summed E-state index contributed by atoms with van der Waals surface area (Å²) in [6.07, 6.45) is 0. The minimum absolute atomic E-state index is 0.0576. The van der Waals surface area contributed by atoms with Gasteiger partial charge in [-0.25, -0.2) is 0 Å². The van der Waals surface area contributed by atoms with Crippen molar-refractivity contribution in [2.45, 2.75) is 45.8 Å². The Bertz CT molecular complexity index is 178. The van der Waals surface area contributed by atoms with E-state index in [9.17, 15) is 0 Å². The van der Waals surface area contributed by atoms with Gasteiger partial charge >= 0.3 is 0 Å². The molecule has 3 nitrogen and oxygen atoms in total. The number of nitrogens with one attached hydrogen (secondary N) is 1. The van der Waals surface area contributed by atoms with Crippen molar-refractivity contribution < 1.29 is 4.74 Å². The lowest BCUT2D eigenvalue weighted by atomic mass is 10.0. The summed E-state index contributed by atoms with van der Waals surface area (Å²) in [5.41, 5.74) is 0.212. The maximum Gasteiger partial charge on any atom is 0.0659 e. The first-order valence-electron chi connectivity index (χ1n) is 5.43. The Labute approximate surface area is 87.8 Å². The minimum Gasteiger partial charge on any atom is -0.379 e. The van der Waals surface area contributed by atoms with E-state index in [1.165, 1.54) is 0 Å². The van der Waals surface area contributed by atoms with Crippen LogP contribution in [0.2, 0.25) is 0 Å². The van der Waals surface area contributed by atoms with Gasteiger partial charge in [-0.1, -0.05) is 0 Å². The summed E-state index contributed by atoms with van der Waals surface area (Å²) in [4.78, 5) is 2.45. The molecule has 0 aromatic rings. The molecule has 0 aromatic heterocycles. The normalized spacial score (nSPS) is 21.2. The number of hydrogen-bond donors (Lipinski definition) is 1. The topological polar surface area (TPSA) is 24.5 Å². The summed E-state index contributed by atoms with van der Waals surface area (Å²) in [6.45, 7) is 14.9. The van der Waals surface area contributed by atoms with Crippen LogP contribution in [0.5, 0.6) is 0 Å². The fourth-order valence-corrected chi connectivity index (χ4v) is 2.12. The molecule has 1 aliphatic heterocycles. The molecule has 0 saturated carbocycles. The molecule has 0 radical (unpaired) electrons. The van der Waals surface area contributed by atoms with Crippen LogP contribution in [-0.2, 0) is 4.74 Å². The van der Waals surface area contributed by atoms with Crippen LogP contribution in [0.3, 0.4) is 0 Å². The maximum absolute atomic E-state index is 5.36. The third-order valence-corrected chi connectivity index (χ3v) is 2.48. The fourth-order valence-electron chi connectivity index (χ4n) is 2.12. The molecule has 1 N–H and O–H groups in total. The number of ether oxygens (including phenoxy) is 1. The van der Waals surface area contributed by atoms with E-state index in [4.69, 9.17) is 4.74 Å². The van der Waals surface area contributed by atoms with E-state index in [-0.39, 0.29) is 11.2 Å². The van der Waals surface area contributed by atoms with Gasteiger partial charge in [0.15, 0.2) is 0 Å². The smallest absolute Gasteiger partial charge is 0.0659 e. The maximum atomic E-state index is 5.36. The Morgan fingerprint density at radius 2 is 1.50 bits per heavy atom. The highest BCUT2D eigenvalue weighted by molar-refractivity contribution is 4.86. The molecule has 0 unspecified atom stereocenters. The molecule has 0 aromatic carbocycles. The molecule has 1 fully saturated rings. The summed E-state index contributed by atoms with van der Waals surface area (Å²) in [7, 11) is 0. The molecule has 0 atom stereocenters. The van der Waals surface area contributed by atoms with Gasteiger partial charge in [0.25, 0.3) is 0 Å². The minimum atomic E-state index is 0.0576. The predicted octanol–water partition coefficient (Wildman–Crippen LogP) is 1.44.